The molecule has 0 aliphatic carbocycles. The number of hydrogen-bond donors (Lipinski definition) is 0. The van der Waals surface area contributed by atoms with Crippen LogP contribution in [0.25, 0.3) is 0 Å². The van der Waals surface area contributed by atoms with Crippen molar-refractivity contribution in [2.45, 2.75) is 39.5 Å². The fraction of sp³-hybridized carbons (Fsp3) is 0.500. The standard InChI is InChI=1S/C12H18.2BrH.Mg/c1-9(2)11-6-5-7-12(8-11)10(3)4;;;/h5-10H,1-4H3;2*1H;/q;;;+2/p-2. The second-order valence-electron chi connectivity index (χ2n) is 3.98. The van der Waals surface area contributed by atoms with Crippen molar-refractivity contribution in [3.05, 3.63) is 35.4 Å². The van der Waals surface area contributed by atoms with Gasteiger partial charge in [0.1, 0.15) is 0 Å². The molecule has 0 aliphatic rings. The maximum Gasteiger partial charge on any atom is 2.00 e. The van der Waals surface area contributed by atoms with E-state index in [4.69, 9.17) is 0 Å². The second kappa shape index (κ2) is 10.1. The van der Waals surface area contributed by atoms with Gasteiger partial charge in [-0.05, 0) is 23.0 Å². The minimum Gasteiger partial charge on any atom is -1.00 e. The minimum absolute atomic E-state index is 0. The Balaban J connectivity index is -0.000000480. The third kappa shape index (κ3) is 6.98. The Morgan fingerprint density at radius 3 is 1.40 bits per heavy atom. The van der Waals surface area contributed by atoms with Crippen LogP contribution in [0.3, 0.4) is 0 Å². The fourth-order valence-electron chi connectivity index (χ4n) is 1.28. The van der Waals surface area contributed by atoms with E-state index in [0.29, 0.717) is 11.8 Å². The van der Waals surface area contributed by atoms with Gasteiger partial charge in [-0.3, -0.25) is 0 Å². The van der Waals surface area contributed by atoms with Gasteiger partial charge < -0.3 is 34.0 Å². The van der Waals surface area contributed by atoms with Gasteiger partial charge in [-0.2, -0.15) is 0 Å². The molecule has 1 aromatic carbocycles. The summed E-state index contributed by atoms with van der Waals surface area (Å²) in [6.07, 6.45) is 0. The van der Waals surface area contributed by atoms with Gasteiger partial charge in [-0.1, -0.05) is 52.0 Å². The van der Waals surface area contributed by atoms with Crippen molar-refractivity contribution >= 4 is 23.1 Å². The SMILES string of the molecule is CC(C)c1cccc(C(C)C)c1.[Br-].[Br-].[Mg+2]. The molecule has 1 rings (SSSR count). The molecule has 0 radical (unpaired) electrons. The first kappa shape index (κ1) is 21.3. The Morgan fingerprint density at radius 1 is 0.800 bits per heavy atom. The molecule has 0 amide bonds. The molecule has 0 saturated carbocycles. The quantitative estimate of drug-likeness (QED) is 0.522. The molecule has 0 aromatic heterocycles. The Morgan fingerprint density at radius 2 is 1.13 bits per heavy atom. The Bertz CT molecular complexity index is 236. The van der Waals surface area contributed by atoms with Crippen molar-refractivity contribution in [3.8, 4) is 0 Å². The average Bonchev–Trinajstić information content (AvgIpc) is 2.04. The Kier molecular flexibility index (Phi) is 14.3. The number of halogens is 2. The van der Waals surface area contributed by atoms with Gasteiger partial charge in [-0.15, -0.1) is 0 Å². The number of hydrogen-bond acceptors (Lipinski definition) is 0. The van der Waals surface area contributed by atoms with Crippen molar-refractivity contribution in [1.82, 2.24) is 0 Å². The molecule has 0 atom stereocenters. The summed E-state index contributed by atoms with van der Waals surface area (Å²) in [7, 11) is 0. The molecule has 0 aliphatic heterocycles. The predicted molar refractivity (Wildman–Crippen MR) is 60.4 cm³/mol. The van der Waals surface area contributed by atoms with E-state index in [1.165, 1.54) is 11.1 Å². The van der Waals surface area contributed by atoms with Crippen LogP contribution in [0.2, 0.25) is 0 Å². The molecule has 0 saturated heterocycles. The number of rotatable bonds is 2. The molecule has 0 bridgehead atoms. The smallest absolute Gasteiger partial charge is 1.00 e. The van der Waals surface area contributed by atoms with Crippen molar-refractivity contribution in [2.75, 3.05) is 0 Å². The van der Waals surface area contributed by atoms with E-state index in [1.807, 2.05) is 0 Å². The maximum absolute atomic E-state index is 2.31. The van der Waals surface area contributed by atoms with E-state index in [0.717, 1.165) is 0 Å². The molecular weight excluding hydrogens is 328 g/mol. The average molecular weight is 346 g/mol. The summed E-state index contributed by atoms with van der Waals surface area (Å²) in [4.78, 5) is 0. The third-order valence-electron chi connectivity index (χ3n) is 2.24. The zero-order chi connectivity index (χ0) is 9.14. The number of benzene rings is 1. The van der Waals surface area contributed by atoms with E-state index >= 15 is 0 Å². The second-order valence-corrected chi connectivity index (χ2v) is 3.98. The van der Waals surface area contributed by atoms with Crippen LogP contribution in [0.1, 0.15) is 50.7 Å². The Hall–Kier alpha value is 0.946. The van der Waals surface area contributed by atoms with E-state index in [-0.39, 0.29) is 57.0 Å². The van der Waals surface area contributed by atoms with E-state index in [2.05, 4.69) is 52.0 Å². The molecule has 0 N–H and O–H groups in total. The summed E-state index contributed by atoms with van der Waals surface area (Å²) in [6, 6.07) is 8.88. The molecule has 82 valence electrons. The molecule has 15 heavy (non-hydrogen) atoms. The van der Waals surface area contributed by atoms with Crippen molar-refractivity contribution in [3.63, 3.8) is 0 Å². The van der Waals surface area contributed by atoms with Gasteiger partial charge in [0.15, 0.2) is 0 Å². The monoisotopic (exact) mass is 344 g/mol. The molecule has 0 nitrogen and oxygen atoms in total. The summed E-state index contributed by atoms with van der Waals surface area (Å²) in [5, 5.41) is 0. The first-order valence-corrected chi connectivity index (χ1v) is 4.71. The van der Waals surface area contributed by atoms with Crippen molar-refractivity contribution < 1.29 is 34.0 Å². The predicted octanol–water partition coefficient (Wildman–Crippen LogP) is -2.44. The van der Waals surface area contributed by atoms with Gasteiger partial charge in [0, 0.05) is 0 Å². The van der Waals surface area contributed by atoms with Crippen molar-refractivity contribution in [1.29, 1.82) is 0 Å². The van der Waals surface area contributed by atoms with Crippen LogP contribution < -0.4 is 34.0 Å². The fourth-order valence-corrected chi connectivity index (χ4v) is 1.28. The van der Waals surface area contributed by atoms with Crippen LogP contribution in [0.5, 0.6) is 0 Å². The minimum atomic E-state index is 0. The summed E-state index contributed by atoms with van der Waals surface area (Å²) >= 11 is 0. The van der Waals surface area contributed by atoms with Crippen LogP contribution in [0.4, 0.5) is 0 Å². The summed E-state index contributed by atoms with van der Waals surface area (Å²) in [5.41, 5.74) is 2.89. The van der Waals surface area contributed by atoms with E-state index < -0.39 is 0 Å². The van der Waals surface area contributed by atoms with Crippen LogP contribution in [-0.2, 0) is 0 Å². The summed E-state index contributed by atoms with van der Waals surface area (Å²) in [6.45, 7) is 8.94. The largest absolute Gasteiger partial charge is 2.00 e. The normalized spacial score (nSPS) is 8.93. The topological polar surface area (TPSA) is 0 Å². The van der Waals surface area contributed by atoms with Crippen LogP contribution in [0.15, 0.2) is 24.3 Å². The van der Waals surface area contributed by atoms with Crippen LogP contribution in [0, 0.1) is 0 Å². The molecular formula is C12H18Br2Mg. The van der Waals surface area contributed by atoms with Gasteiger partial charge in [0.25, 0.3) is 0 Å². The van der Waals surface area contributed by atoms with Gasteiger partial charge in [0.2, 0.25) is 0 Å². The molecule has 3 heteroatoms. The molecule has 0 spiro atoms. The maximum atomic E-state index is 2.31. The molecule has 0 unspecified atom stereocenters. The summed E-state index contributed by atoms with van der Waals surface area (Å²) in [5.74, 6) is 1.28. The Labute approximate surface area is 131 Å². The first-order chi connectivity index (χ1) is 5.61. The molecule has 1 aromatic rings. The van der Waals surface area contributed by atoms with Crippen LogP contribution in [-0.4, -0.2) is 23.1 Å². The summed E-state index contributed by atoms with van der Waals surface area (Å²) < 4.78 is 0. The molecule has 0 fully saturated rings. The zero-order valence-corrected chi connectivity index (χ0v) is 14.5. The van der Waals surface area contributed by atoms with Crippen LogP contribution >= 0.6 is 0 Å². The van der Waals surface area contributed by atoms with E-state index in [9.17, 15) is 0 Å². The molecule has 0 heterocycles. The van der Waals surface area contributed by atoms with Gasteiger partial charge in [-0.25, -0.2) is 0 Å². The van der Waals surface area contributed by atoms with E-state index in [1.54, 1.807) is 0 Å². The van der Waals surface area contributed by atoms with Gasteiger partial charge >= 0.3 is 23.1 Å². The third-order valence-corrected chi connectivity index (χ3v) is 2.24. The zero-order valence-electron chi connectivity index (χ0n) is 9.93. The first-order valence-electron chi connectivity index (χ1n) is 4.71. The van der Waals surface area contributed by atoms with Gasteiger partial charge in [0.05, 0.1) is 0 Å². The van der Waals surface area contributed by atoms with Crippen molar-refractivity contribution in [2.24, 2.45) is 0 Å².